The van der Waals surface area contributed by atoms with Crippen molar-refractivity contribution >= 4 is 17.5 Å². The molecule has 1 aromatic carbocycles. The summed E-state index contributed by atoms with van der Waals surface area (Å²) in [6, 6.07) is 6.17. The molecular weight excluding hydrogens is 324 g/mol. The van der Waals surface area contributed by atoms with Gasteiger partial charge in [0.15, 0.2) is 0 Å². The van der Waals surface area contributed by atoms with Crippen molar-refractivity contribution in [3.63, 3.8) is 0 Å². The maximum absolute atomic E-state index is 12.2. The number of nitriles is 1. The number of benzene rings is 1. The smallest absolute Gasteiger partial charge is 0.410 e. The number of ether oxygens (including phenoxy) is 1. The second-order valence-corrected chi connectivity index (χ2v) is 7.04. The quantitative estimate of drug-likeness (QED) is 0.603. The standard InChI is InChI=1S/C17H22N4O4/c1-12-11-19(16(22)25-17(2,3)4)7-8-20(12)15-9-13(10-18)5-6-14(15)21(23)24/h5-6,9,12H,7-8,11H2,1-4H3/t12-/m0/s1. The van der Waals surface area contributed by atoms with Gasteiger partial charge in [-0.1, -0.05) is 0 Å². The summed E-state index contributed by atoms with van der Waals surface area (Å²) in [6.45, 7) is 8.52. The Labute approximate surface area is 146 Å². The molecule has 1 heterocycles. The first kappa shape index (κ1) is 18.5. The van der Waals surface area contributed by atoms with E-state index in [9.17, 15) is 14.9 Å². The molecule has 1 amide bonds. The molecule has 0 N–H and O–H groups in total. The van der Waals surface area contributed by atoms with Crippen molar-refractivity contribution in [3.05, 3.63) is 33.9 Å². The molecule has 134 valence electrons. The first-order valence-electron chi connectivity index (χ1n) is 8.05. The first-order chi connectivity index (χ1) is 11.6. The molecule has 1 aliphatic rings. The van der Waals surface area contributed by atoms with Gasteiger partial charge >= 0.3 is 6.09 Å². The van der Waals surface area contributed by atoms with Crippen LogP contribution in [0, 0.1) is 21.4 Å². The molecule has 0 unspecified atom stereocenters. The normalized spacial score (nSPS) is 17.8. The van der Waals surface area contributed by atoms with Crippen LogP contribution in [-0.2, 0) is 4.74 Å². The minimum atomic E-state index is -0.572. The fraction of sp³-hybridized carbons (Fsp3) is 0.529. The summed E-state index contributed by atoms with van der Waals surface area (Å²) >= 11 is 0. The van der Waals surface area contributed by atoms with Crippen LogP contribution in [0.3, 0.4) is 0 Å². The Balaban J connectivity index is 2.21. The number of nitro benzene ring substituents is 1. The number of amides is 1. The number of rotatable bonds is 2. The fourth-order valence-corrected chi connectivity index (χ4v) is 2.79. The summed E-state index contributed by atoms with van der Waals surface area (Å²) < 4.78 is 5.38. The van der Waals surface area contributed by atoms with Crippen LogP contribution in [0.5, 0.6) is 0 Å². The van der Waals surface area contributed by atoms with Crippen LogP contribution in [0.1, 0.15) is 33.3 Å². The van der Waals surface area contributed by atoms with Crippen molar-refractivity contribution in [1.29, 1.82) is 5.26 Å². The summed E-state index contributed by atoms with van der Waals surface area (Å²) in [5.41, 5.74) is 0.150. The van der Waals surface area contributed by atoms with Gasteiger partial charge in [-0.15, -0.1) is 0 Å². The third kappa shape index (κ3) is 4.38. The van der Waals surface area contributed by atoms with Crippen LogP contribution >= 0.6 is 0 Å². The highest BCUT2D eigenvalue weighted by Gasteiger charge is 2.32. The predicted molar refractivity (Wildman–Crippen MR) is 92.4 cm³/mol. The lowest BCUT2D eigenvalue weighted by atomic mass is 10.1. The van der Waals surface area contributed by atoms with Crippen molar-refractivity contribution in [3.8, 4) is 6.07 Å². The Bertz CT molecular complexity index is 720. The Morgan fingerprint density at radius 3 is 2.60 bits per heavy atom. The van der Waals surface area contributed by atoms with Gasteiger partial charge in [0.25, 0.3) is 5.69 Å². The van der Waals surface area contributed by atoms with Crippen LogP contribution in [0.4, 0.5) is 16.2 Å². The molecule has 2 rings (SSSR count). The fourth-order valence-electron chi connectivity index (χ4n) is 2.79. The van der Waals surface area contributed by atoms with Gasteiger partial charge in [-0.2, -0.15) is 5.26 Å². The van der Waals surface area contributed by atoms with Crippen molar-refractivity contribution in [2.45, 2.75) is 39.3 Å². The van der Waals surface area contributed by atoms with Gasteiger partial charge in [0, 0.05) is 31.7 Å². The lowest BCUT2D eigenvalue weighted by molar-refractivity contribution is -0.384. The summed E-state index contributed by atoms with van der Waals surface area (Å²) in [7, 11) is 0. The largest absolute Gasteiger partial charge is 0.444 e. The molecule has 0 bridgehead atoms. The van der Waals surface area contributed by atoms with Gasteiger partial charge in [-0.25, -0.2) is 4.79 Å². The zero-order valence-corrected chi connectivity index (χ0v) is 14.9. The van der Waals surface area contributed by atoms with E-state index < -0.39 is 10.5 Å². The molecule has 1 aliphatic heterocycles. The van der Waals surface area contributed by atoms with E-state index in [0.717, 1.165) is 0 Å². The van der Waals surface area contributed by atoms with Gasteiger partial charge in [-0.05, 0) is 39.8 Å². The molecule has 1 atom stereocenters. The number of carbonyl (C=O) groups excluding carboxylic acids is 1. The Morgan fingerprint density at radius 2 is 2.08 bits per heavy atom. The highest BCUT2D eigenvalue weighted by Crippen LogP contribution is 2.32. The van der Waals surface area contributed by atoms with E-state index in [1.165, 1.54) is 18.2 Å². The summed E-state index contributed by atoms with van der Waals surface area (Å²) in [4.78, 5) is 26.5. The second-order valence-electron chi connectivity index (χ2n) is 7.04. The second kappa shape index (κ2) is 6.97. The Hall–Kier alpha value is -2.82. The summed E-state index contributed by atoms with van der Waals surface area (Å²) in [6.07, 6.45) is -0.390. The van der Waals surface area contributed by atoms with E-state index in [2.05, 4.69) is 0 Å². The highest BCUT2D eigenvalue weighted by atomic mass is 16.6. The van der Waals surface area contributed by atoms with Gasteiger partial charge in [0.2, 0.25) is 0 Å². The zero-order chi connectivity index (χ0) is 18.8. The van der Waals surface area contributed by atoms with E-state index in [-0.39, 0.29) is 17.8 Å². The third-order valence-electron chi connectivity index (χ3n) is 3.89. The van der Waals surface area contributed by atoms with Crippen LogP contribution in [0.2, 0.25) is 0 Å². The number of carbonyl (C=O) groups is 1. The van der Waals surface area contributed by atoms with Gasteiger partial charge in [0.05, 0.1) is 16.6 Å². The van der Waals surface area contributed by atoms with Crippen LogP contribution in [0.15, 0.2) is 18.2 Å². The topological polar surface area (TPSA) is 99.7 Å². The lowest BCUT2D eigenvalue weighted by Gasteiger charge is -2.41. The Kier molecular flexibility index (Phi) is 5.16. The number of piperazine rings is 1. The highest BCUT2D eigenvalue weighted by molar-refractivity contribution is 5.70. The molecule has 1 saturated heterocycles. The number of hydrogen-bond acceptors (Lipinski definition) is 6. The maximum Gasteiger partial charge on any atom is 0.410 e. The van der Waals surface area contributed by atoms with Gasteiger partial charge < -0.3 is 14.5 Å². The molecule has 0 radical (unpaired) electrons. The molecule has 0 saturated carbocycles. The minimum Gasteiger partial charge on any atom is -0.444 e. The number of nitrogens with zero attached hydrogens (tertiary/aromatic N) is 4. The lowest BCUT2D eigenvalue weighted by Crippen LogP contribution is -2.54. The summed E-state index contributed by atoms with van der Waals surface area (Å²) in [5, 5.41) is 20.4. The van der Waals surface area contributed by atoms with Crippen LogP contribution < -0.4 is 4.90 Å². The minimum absolute atomic E-state index is 0.0448. The van der Waals surface area contributed by atoms with Crippen LogP contribution in [-0.4, -0.2) is 47.2 Å². The molecule has 8 heteroatoms. The first-order valence-corrected chi connectivity index (χ1v) is 8.05. The molecule has 25 heavy (non-hydrogen) atoms. The third-order valence-corrected chi connectivity index (χ3v) is 3.89. The van der Waals surface area contributed by atoms with E-state index in [4.69, 9.17) is 10.00 Å². The molecule has 8 nitrogen and oxygen atoms in total. The molecule has 0 aromatic heterocycles. The molecule has 0 spiro atoms. The SMILES string of the molecule is C[C@H]1CN(C(=O)OC(C)(C)C)CCN1c1cc(C#N)ccc1[N+](=O)[O-]. The zero-order valence-electron chi connectivity index (χ0n) is 14.9. The average molecular weight is 346 g/mol. The van der Waals surface area contributed by atoms with Gasteiger partial charge in [0.1, 0.15) is 11.3 Å². The van der Waals surface area contributed by atoms with E-state index in [1.807, 2.05) is 17.9 Å². The van der Waals surface area contributed by atoms with Crippen molar-refractivity contribution < 1.29 is 14.5 Å². The van der Waals surface area contributed by atoms with Crippen molar-refractivity contribution in [2.24, 2.45) is 0 Å². The number of hydrogen-bond donors (Lipinski definition) is 0. The van der Waals surface area contributed by atoms with E-state index >= 15 is 0 Å². The Morgan fingerprint density at radius 1 is 1.40 bits per heavy atom. The predicted octanol–water partition coefficient (Wildman–Crippen LogP) is 2.91. The van der Waals surface area contributed by atoms with E-state index in [0.29, 0.717) is 30.9 Å². The summed E-state index contributed by atoms with van der Waals surface area (Å²) in [5.74, 6) is 0. The van der Waals surface area contributed by atoms with Crippen molar-refractivity contribution in [2.75, 3.05) is 24.5 Å². The maximum atomic E-state index is 12.2. The monoisotopic (exact) mass is 346 g/mol. The average Bonchev–Trinajstić information content (AvgIpc) is 2.52. The van der Waals surface area contributed by atoms with Crippen LogP contribution in [0.25, 0.3) is 0 Å². The van der Waals surface area contributed by atoms with E-state index in [1.54, 1.807) is 25.7 Å². The number of nitro groups is 1. The molecule has 0 aliphatic carbocycles. The number of anilines is 1. The molecular formula is C17H22N4O4. The van der Waals surface area contributed by atoms with Gasteiger partial charge in [-0.3, -0.25) is 10.1 Å². The molecule has 1 aromatic rings. The molecule has 1 fully saturated rings. The van der Waals surface area contributed by atoms with Crippen molar-refractivity contribution in [1.82, 2.24) is 4.90 Å².